The first-order valence-electron chi connectivity index (χ1n) is 12.8. The Hall–Kier alpha value is -4.37. The third-order valence-corrected chi connectivity index (χ3v) is 8.43. The molecule has 42 heavy (non-hydrogen) atoms. The quantitative estimate of drug-likeness (QED) is 0.175. The lowest BCUT2D eigenvalue weighted by atomic mass is 10.1. The van der Waals surface area contributed by atoms with Crippen molar-refractivity contribution in [2.75, 3.05) is 4.72 Å². The summed E-state index contributed by atoms with van der Waals surface area (Å²) in [7, 11) is -3.70. The van der Waals surface area contributed by atoms with Crippen molar-refractivity contribution in [2.45, 2.75) is 18.4 Å². The van der Waals surface area contributed by atoms with E-state index in [4.69, 9.17) is 28.2 Å². The molecule has 0 amide bonds. The smallest absolute Gasteiger partial charge is 0.335 e. The van der Waals surface area contributed by atoms with Crippen LogP contribution >= 0.6 is 23.2 Å². The third-order valence-electron chi connectivity index (χ3n) is 6.49. The highest BCUT2D eigenvalue weighted by atomic mass is 35.5. The van der Waals surface area contributed by atoms with Gasteiger partial charge in [0.2, 0.25) is 0 Å². The van der Waals surface area contributed by atoms with E-state index < -0.39 is 16.0 Å². The molecule has 10 heteroatoms. The number of carbonyl (C=O) groups is 1. The largest absolute Gasteiger partial charge is 0.478 e. The predicted octanol–water partition coefficient (Wildman–Crippen LogP) is 7.88. The molecule has 0 saturated heterocycles. The molecule has 0 saturated carbocycles. The standard InChI is InChI=1S/C32H25Cl2N3O4S/c1-21-2-14-27(15-3-21)42(40,41)36-26-12-6-22(7-13-26)8-17-31-35-30(28-16-11-25(33)18-29(28)34)20-37(31)19-23-4-9-24(10-5-23)32(38)39/h2-18,20,36H,19H2,1H3,(H,38,39)/b17-8+. The number of aromatic nitrogens is 2. The minimum Gasteiger partial charge on any atom is -0.478 e. The van der Waals surface area contributed by atoms with Crippen LogP contribution in [0.4, 0.5) is 5.69 Å². The zero-order valence-corrected chi connectivity index (χ0v) is 24.7. The number of anilines is 1. The van der Waals surface area contributed by atoms with Gasteiger partial charge in [-0.15, -0.1) is 0 Å². The van der Waals surface area contributed by atoms with Crippen molar-refractivity contribution < 1.29 is 18.3 Å². The number of halogens is 2. The maximum atomic E-state index is 12.7. The Morgan fingerprint density at radius 2 is 1.62 bits per heavy atom. The second-order valence-corrected chi connectivity index (χ2v) is 12.1. The van der Waals surface area contributed by atoms with E-state index in [-0.39, 0.29) is 10.5 Å². The van der Waals surface area contributed by atoms with Gasteiger partial charge in [0, 0.05) is 29.0 Å². The fourth-order valence-corrected chi connectivity index (χ4v) is 5.79. The number of hydrogen-bond acceptors (Lipinski definition) is 4. The summed E-state index contributed by atoms with van der Waals surface area (Å²) >= 11 is 12.5. The molecule has 0 radical (unpaired) electrons. The first-order valence-corrected chi connectivity index (χ1v) is 15.0. The fraction of sp³-hybridized carbons (Fsp3) is 0.0625. The minimum absolute atomic E-state index is 0.193. The van der Waals surface area contributed by atoms with Crippen molar-refractivity contribution in [3.05, 3.63) is 135 Å². The van der Waals surface area contributed by atoms with E-state index in [9.17, 15) is 18.3 Å². The van der Waals surface area contributed by atoms with Crippen LogP contribution in [0.3, 0.4) is 0 Å². The number of carboxylic acid groups (broad SMARTS) is 1. The van der Waals surface area contributed by atoms with Crippen molar-refractivity contribution >= 4 is 57.0 Å². The van der Waals surface area contributed by atoms with Crippen molar-refractivity contribution in [1.82, 2.24) is 9.55 Å². The number of carboxylic acids is 1. The molecule has 1 heterocycles. The van der Waals surface area contributed by atoms with E-state index in [0.29, 0.717) is 33.8 Å². The summed E-state index contributed by atoms with van der Waals surface area (Å²) in [6.45, 7) is 2.34. The number of benzene rings is 4. The Bertz CT molecular complexity index is 1880. The first-order chi connectivity index (χ1) is 20.1. The van der Waals surface area contributed by atoms with Gasteiger partial charge in [0.25, 0.3) is 10.0 Å². The molecule has 5 aromatic rings. The monoisotopic (exact) mass is 617 g/mol. The van der Waals surface area contributed by atoms with Crippen molar-refractivity contribution in [1.29, 1.82) is 0 Å². The van der Waals surface area contributed by atoms with E-state index in [1.165, 1.54) is 0 Å². The lowest BCUT2D eigenvalue weighted by Crippen LogP contribution is -2.12. The summed E-state index contributed by atoms with van der Waals surface area (Å²) in [5.41, 5.74) is 4.73. The molecule has 7 nitrogen and oxygen atoms in total. The van der Waals surface area contributed by atoms with Crippen molar-refractivity contribution in [2.24, 2.45) is 0 Å². The van der Waals surface area contributed by atoms with E-state index in [1.807, 2.05) is 35.9 Å². The molecule has 0 spiro atoms. The van der Waals surface area contributed by atoms with E-state index in [0.717, 1.165) is 22.3 Å². The van der Waals surface area contributed by atoms with Gasteiger partial charge in [-0.2, -0.15) is 0 Å². The van der Waals surface area contributed by atoms with Gasteiger partial charge in [-0.05, 0) is 78.7 Å². The lowest BCUT2D eigenvalue weighted by molar-refractivity contribution is 0.0697. The van der Waals surface area contributed by atoms with Gasteiger partial charge >= 0.3 is 5.97 Å². The zero-order chi connectivity index (χ0) is 29.9. The van der Waals surface area contributed by atoms with Gasteiger partial charge < -0.3 is 9.67 Å². The van der Waals surface area contributed by atoms with E-state index >= 15 is 0 Å². The number of aryl methyl sites for hydroxylation is 1. The lowest BCUT2D eigenvalue weighted by Gasteiger charge is -2.08. The Labute approximate surface area is 253 Å². The molecular formula is C32H25Cl2N3O4S. The minimum atomic E-state index is -3.70. The third kappa shape index (κ3) is 6.91. The Morgan fingerprint density at radius 1 is 0.929 bits per heavy atom. The molecule has 212 valence electrons. The molecule has 4 aromatic carbocycles. The highest BCUT2D eigenvalue weighted by molar-refractivity contribution is 7.92. The van der Waals surface area contributed by atoms with Gasteiger partial charge in [-0.1, -0.05) is 71.2 Å². The van der Waals surface area contributed by atoms with Crippen LogP contribution in [0.2, 0.25) is 10.0 Å². The molecule has 0 aliphatic rings. The average Bonchev–Trinajstić information content (AvgIpc) is 3.35. The summed E-state index contributed by atoms with van der Waals surface area (Å²) in [4.78, 5) is 16.2. The maximum absolute atomic E-state index is 12.7. The summed E-state index contributed by atoms with van der Waals surface area (Å²) in [6, 6.07) is 25.5. The molecule has 5 rings (SSSR count). The molecule has 1 aromatic heterocycles. The van der Waals surface area contributed by atoms with Gasteiger partial charge in [0.05, 0.1) is 21.2 Å². The molecule has 0 unspecified atom stereocenters. The average molecular weight is 619 g/mol. The van der Waals surface area contributed by atoms with Gasteiger partial charge in [0.1, 0.15) is 5.82 Å². The molecule has 0 bridgehead atoms. The number of imidazole rings is 1. The second kappa shape index (κ2) is 12.2. The van der Waals surface area contributed by atoms with Crippen molar-refractivity contribution in [3.63, 3.8) is 0 Å². The first kappa shape index (κ1) is 29.1. The molecule has 0 fully saturated rings. The summed E-state index contributed by atoms with van der Waals surface area (Å²) in [5.74, 6) is -0.344. The Morgan fingerprint density at radius 3 is 2.26 bits per heavy atom. The number of nitrogens with one attached hydrogen (secondary N) is 1. The molecule has 0 atom stereocenters. The zero-order valence-electron chi connectivity index (χ0n) is 22.3. The van der Waals surface area contributed by atoms with Crippen LogP contribution in [0, 0.1) is 6.92 Å². The van der Waals surface area contributed by atoms with Crippen LogP contribution in [0.1, 0.15) is 32.9 Å². The van der Waals surface area contributed by atoms with E-state index in [2.05, 4.69) is 4.72 Å². The van der Waals surface area contributed by atoms with E-state index in [1.54, 1.807) is 84.9 Å². The number of nitrogens with zero attached hydrogens (tertiary/aromatic N) is 2. The molecule has 0 aliphatic carbocycles. The van der Waals surface area contributed by atoms with Gasteiger partial charge in [-0.3, -0.25) is 4.72 Å². The van der Waals surface area contributed by atoms with Crippen LogP contribution < -0.4 is 4.72 Å². The predicted molar refractivity (Wildman–Crippen MR) is 168 cm³/mol. The van der Waals surface area contributed by atoms with Crippen LogP contribution in [0.15, 0.2) is 102 Å². The molecular weight excluding hydrogens is 593 g/mol. The van der Waals surface area contributed by atoms with Crippen LogP contribution in [-0.2, 0) is 16.6 Å². The van der Waals surface area contributed by atoms with Crippen LogP contribution in [-0.4, -0.2) is 29.0 Å². The fourth-order valence-electron chi connectivity index (χ4n) is 4.23. The molecule has 2 N–H and O–H groups in total. The molecule has 0 aliphatic heterocycles. The van der Waals surface area contributed by atoms with Crippen LogP contribution in [0.5, 0.6) is 0 Å². The summed E-state index contributed by atoms with van der Waals surface area (Å²) in [5, 5.41) is 10.2. The normalized spacial score (nSPS) is 11.6. The number of aromatic carboxylic acids is 1. The Balaban J connectivity index is 1.40. The Kier molecular flexibility index (Phi) is 8.49. The SMILES string of the molecule is Cc1ccc(S(=O)(=O)Nc2ccc(/C=C/c3nc(-c4ccc(Cl)cc4Cl)cn3Cc3ccc(C(=O)O)cc3)cc2)cc1. The highest BCUT2D eigenvalue weighted by Crippen LogP contribution is 2.30. The summed E-state index contributed by atoms with van der Waals surface area (Å²) in [6.07, 6.45) is 5.60. The van der Waals surface area contributed by atoms with Gasteiger partial charge in [-0.25, -0.2) is 18.2 Å². The van der Waals surface area contributed by atoms with Gasteiger partial charge in [0.15, 0.2) is 0 Å². The maximum Gasteiger partial charge on any atom is 0.335 e. The number of sulfonamides is 1. The number of rotatable bonds is 9. The van der Waals surface area contributed by atoms with Crippen molar-refractivity contribution in [3.8, 4) is 11.3 Å². The number of hydrogen-bond donors (Lipinski definition) is 2. The topological polar surface area (TPSA) is 101 Å². The second-order valence-electron chi connectivity index (χ2n) is 9.61. The summed E-state index contributed by atoms with van der Waals surface area (Å²) < 4.78 is 30.0. The van der Waals surface area contributed by atoms with Crippen LogP contribution in [0.25, 0.3) is 23.4 Å². The highest BCUT2D eigenvalue weighted by Gasteiger charge is 2.14.